The average Bonchev–Trinajstić information content (AvgIpc) is 2.93. The van der Waals surface area contributed by atoms with Crippen LogP contribution in [0.5, 0.6) is 0 Å². The van der Waals surface area contributed by atoms with E-state index in [1.165, 1.54) is 0 Å². The van der Waals surface area contributed by atoms with Crippen LogP contribution in [0.1, 0.15) is 16.1 Å². The maximum absolute atomic E-state index is 11.6. The summed E-state index contributed by atoms with van der Waals surface area (Å²) in [6, 6.07) is 0. The number of carbonyl (C=O) groups excluding carboxylic acids is 1. The summed E-state index contributed by atoms with van der Waals surface area (Å²) in [7, 11) is 1.76. The summed E-state index contributed by atoms with van der Waals surface area (Å²) in [6.45, 7) is 1.60. The van der Waals surface area contributed by atoms with Gasteiger partial charge in [0.2, 0.25) is 17.5 Å². The van der Waals surface area contributed by atoms with Crippen LogP contribution in [0.4, 0.5) is 11.8 Å². The van der Waals surface area contributed by atoms with E-state index >= 15 is 0 Å². The molecule has 2 aromatic rings. The highest BCUT2D eigenvalue weighted by Gasteiger charge is 2.14. The minimum absolute atomic E-state index is 0.00828. The number of nitrogens with zero attached hydrogens (tertiary/aromatic N) is 4. The van der Waals surface area contributed by atoms with Gasteiger partial charge in [0.05, 0.1) is 0 Å². The van der Waals surface area contributed by atoms with Crippen LogP contribution in [-0.2, 0) is 6.54 Å². The highest BCUT2D eigenvalue weighted by atomic mass is 16.6. The maximum Gasteiger partial charge on any atom is 0.277 e. The Kier molecular flexibility index (Phi) is 4.99. The van der Waals surface area contributed by atoms with Gasteiger partial charge in [-0.1, -0.05) is 0 Å². The molecule has 0 aromatic carbocycles. The molecule has 2 aromatic heterocycles. The van der Waals surface area contributed by atoms with Crippen LogP contribution in [0.3, 0.4) is 0 Å². The molecule has 0 saturated heterocycles. The van der Waals surface area contributed by atoms with Crippen LogP contribution in [0.15, 0.2) is 17.0 Å². The van der Waals surface area contributed by atoms with Crippen LogP contribution >= 0.6 is 0 Å². The largest absolute Gasteiger partial charge is 0.379 e. The molecule has 10 nitrogen and oxygen atoms in total. The van der Waals surface area contributed by atoms with Gasteiger partial charge in [-0.25, -0.2) is 14.6 Å². The first-order chi connectivity index (χ1) is 10.2. The Hall–Kier alpha value is -2.75. The van der Waals surface area contributed by atoms with Gasteiger partial charge in [-0.05, 0) is 10.3 Å². The van der Waals surface area contributed by atoms with Gasteiger partial charge in [-0.2, -0.15) is 0 Å². The molecular formula is C11H16N8O2. The van der Waals surface area contributed by atoms with Crippen LogP contribution in [0.25, 0.3) is 0 Å². The lowest BCUT2D eigenvalue weighted by molar-refractivity contribution is 0.0944. The van der Waals surface area contributed by atoms with Crippen molar-refractivity contribution in [2.45, 2.75) is 6.54 Å². The third-order valence-corrected chi connectivity index (χ3v) is 2.57. The number of nitrogens with one attached hydrogen (secondary N) is 3. The number of hydrogen-bond acceptors (Lipinski definition) is 9. The molecule has 0 bridgehead atoms. The molecule has 0 fully saturated rings. The van der Waals surface area contributed by atoms with Crippen molar-refractivity contribution >= 4 is 17.7 Å². The average molecular weight is 292 g/mol. The van der Waals surface area contributed by atoms with Crippen molar-refractivity contribution in [3.8, 4) is 0 Å². The van der Waals surface area contributed by atoms with Crippen LogP contribution < -0.4 is 21.7 Å². The van der Waals surface area contributed by atoms with E-state index in [1.807, 2.05) is 0 Å². The minimum Gasteiger partial charge on any atom is -0.379 e. The van der Waals surface area contributed by atoms with Gasteiger partial charge < -0.3 is 21.7 Å². The Morgan fingerprint density at radius 2 is 2.05 bits per heavy atom. The lowest BCUT2D eigenvalue weighted by Gasteiger charge is -2.06. The SMILES string of the molecule is CNc1ncc(CNCCNC(=O)c2nonc2N)cn1. The van der Waals surface area contributed by atoms with E-state index in [-0.39, 0.29) is 11.5 Å². The Bertz CT molecular complexity index is 582. The summed E-state index contributed by atoms with van der Waals surface area (Å²) in [5.74, 6) is 0.129. The molecule has 0 unspecified atom stereocenters. The monoisotopic (exact) mass is 292 g/mol. The van der Waals surface area contributed by atoms with E-state index in [1.54, 1.807) is 19.4 Å². The second-order valence-electron chi connectivity index (χ2n) is 4.10. The molecule has 2 rings (SSSR count). The van der Waals surface area contributed by atoms with Gasteiger partial charge in [-0.15, -0.1) is 0 Å². The molecule has 112 valence electrons. The molecule has 5 N–H and O–H groups in total. The number of nitrogens with two attached hydrogens (primary N) is 1. The van der Waals surface area contributed by atoms with Crippen molar-refractivity contribution in [3.05, 3.63) is 23.7 Å². The fourth-order valence-corrected chi connectivity index (χ4v) is 1.51. The zero-order chi connectivity index (χ0) is 15.1. The predicted octanol–water partition coefficient (Wildman–Crippen LogP) is -0.997. The van der Waals surface area contributed by atoms with Crippen molar-refractivity contribution in [1.29, 1.82) is 0 Å². The van der Waals surface area contributed by atoms with Gasteiger partial charge in [0.15, 0.2) is 0 Å². The topological polar surface area (TPSA) is 144 Å². The number of nitrogen functional groups attached to an aromatic ring is 1. The van der Waals surface area contributed by atoms with E-state index in [9.17, 15) is 4.79 Å². The third-order valence-electron chi connectivity index (χ3n) is 2.57. The van der Waals surface area contributed by atoms with Crippen molar-refractivity contribution in [3.63, 3.8) is 0 Å². The molecule has 0 saturated carbocycles. The second-order valence-corrected chi connectivity index (χ2v) is 4.10. The van der Waals surface area contributed by atoms with E-state index in [4.69, 9.17) is 5.73 Å². The number of amides is 1. The number of aromatic nitrogens is 4. The summed E-state index contributed by atoms with van der Waals surface area (Å²) < 4.78 is 4.35. The number of rotatable bonds is 7. The first kappa shape index (κ1) is 14.7. The van der Waals surface area contributed by atoms with Crippen molar-refractivity contribution in [2.75, 3.05) is 31.2 Å². The molecule has 21 heavy (non-hydrogen) atoms. The lowest BCUT2D eigenvalue weighted by Crippen LogP contribution is -2.32. The maximum atomic E-state index is 11.6. The zero-order valence-corrected chi connectivity index (χ0v) is 11.5. The molecule has 0 aliphatic rings. The third kappa shape index (κ3) is 4.11. The summed E-state index contributed by atoms with van der Waals surface area (Å²) in [5.41, 5.74) is 6.35. The van der Waals surface area contributed by atoms with E-state index in [0.29, 0.717) is 25.6 Å². The molecule has 0 aliphatic heterocycles. The van der Waals surface area contributed by atoms with Crippen molar-refractivity contribution in [1.82, 2.24) is 30.9 Å². The number of carbonyl (C=O) groups is 1. The minimum atomic E-state index is -0.419. The highest BCUT2D eigenvalue weighted by molar-refractivity contribution is 5.95. The van der Waals surface area contributed by atoms with Gasteiger partial charge >= 0.3 is 0 Å². The Morgan fingerprint density at radius 1 is 1.29 bits per heavy atom. The van der Waals surface area contributed by atoms with Crippen LogP contribution in [0, 0.1) is 0 Å². The zero-order valence-electron chi connectivity index (χ0n) is 11.5. The Morgan fingerprint density at radius 3 is 2.67 bits per heavy atom. The van der Waals surface area contributed by atoms with Crippen LogP contribution in [0.2, 0.25) is 0 Å². The van der Waals surface area contributed by atoms with Crippen molar-refractivity contribution in [2.24, 2.45) is 0 Å². The molecule has 10 heteroatoms. The molecule has 1 amide bonds. The van der Waals surface area contributed by atoms with Crippen molar-refractivity contribution < 1.29 is 9.42 Å². The molecule has 2 heterocycles. The Balaban J connectivity index is 1.65. The molecule has 0 radical (unpaired) electrons. The standard InChI is InChI=1S/C11H16N8O2/c1-13-11-16-5-7(6-17-11)4-14-2-3-15-10(20)8-9(12)19-21-18-8/h5-6,14H,2-4H2,1H3,(H2,12,19)(H,15,20)(H,13,16,17). The van der Waals surface area contributed by atoms with E-state index in [2.05, 4.69) is 40.9 Å². The predicted molar refractivity (Wildman–Crippen MR) is 74.3 cm³/mol. The van der Waals surface area contributed by atoms with E-state index < -0.39 is 5.91 Å². The number of anilines is 2. The quantitative estimate of drug-likeness (QED) is 0.472. The molecule has 0 aliphatic carbocycles. The van der Waals surface area contributed by atoms with Gasteiger partial charge in [0.25, 0.3) is 5.91 Å². The fourth-order valence-electron chi connectivity index (χ4n) is 1.51. The molecule has 0 spiro atoms. The first-order valence-electron chi connectivity index (χ1n) is 6.26. The first-order valence-corrected chi connectivity index (χ1v) is 6.26. The molecule has 0 atom stereocenters. The fraction of sp³-hybridized carbons (Fsp3) is 0.364. The normalized spacial score (nSPS) is 10.3. The summed E-state index contributed by atoms with van der Waals surface area (Å²) >= 11 is 0. The van der Waals surface area contributed by atoms with Gasteiger partial charge in [-0.3, -0.25) is 4.79 Å². The number of hydrogen-bond donors (Lipinski definition) is 4. The van der Waals surface area contributed by atoms with Crippen LogP contribution in [-0.4, -0.2) is 46.3 Å². The molecular weight excluding hydrogens is 276 g/mol. The highest BCUT2D eigenvalue weighted by Crippen LogP contribution is 2.02. The summed E-state index contributed by atoms with van der Waals surface area (Å²) in [4.78, 5) is 19.8. The lowest BCUT2D eigenvalue weighted by atomic mass is 10.3. The smallest absolute Gasteiger partial charge is 0.277 e. The van der Waals surface area contributed by atoms with Gasteiger partial charge in [0.1, 0.15) is 0 Å². The second kappa shape index (κ2) is 7.14. The van der Waals surface area contributed by atoms with Gasteiger partial charge in [0, 0.05) is 44.6 Å². The van der Waals surface area contributed by atoms with E-state index in [0.717, 1.165) is 5.56 Å². The summed E-state index contributed by atoms with van der Waals surface area (Å²) in [5, 5.41) is 15.4. The summed E-state index contributed by atoms with van der Waals surface area (Å²) in [6.07, 6.45) is 3.46. The Labute approximate surface area is 120 Å².